The highest BCUT2D eigenvalue weighted by Gasteiger charge is 2.15. The van der Waals surface area contributed by atoms with Crippen LogP contribution in [0.3, 0.4) is 0 Å². The number of ether oxygens (including phenoxy) is 1. The molecule has 0 aliphatic heterocycles. The van der Waals surface area contributed by atoms with E-state index in [9.17, 15) is 18.0 Å². The van der Waals surface area contributed by atoms with E-state index in [1.165, 1.54) is 12.1 Å². The zero-order valence-corrected chi connectivity index (χ0v) is 13.4. The third-order valence-electron chi connectivity index (χ3n) is 2.65. The minimum Gasteiger partial charge on any atom is -0.478 e. The maximum atomic E-state index is 11.7. The van der Waals surface area contributed by atoms with Crippen LogP contribution in [0.15, 0.2) is 23.1 Å². The second-order valence-electron chi connectivity index (χ2n) is 5.04. The Bertz CT molecular complexity index is 666. The van der Waals surface area contributed by atoms with Crippen molar-refractivity contribution in [3.05, 3.63) is 23.8 Å². The Kier molecular flexibility index (Phi) is 6.07. The Morgan fingerprint density at radius 1 is 1.27 bits per heavy atom. The summed E-state index contributed by atoms with van der Waals surface area (Å²) in [5.41, 5.74) is -0.0912. The number of hydrogen-bond acceptors (Lipinski definition) is 5. The van der Waals surface area contributed by atoms with Crippen molar-refractivity contribution in [3.63, 3.8) is 0 Å². The quantitative estimate of drug-likeness (QED) is 0.785. The number of amides is 1. The second kappa shape index (κ2) is 7.37. The van der Waals surface area contributed by atoms with Gasteiger partial charge in [0.05, 0.1) is 29.6 Å². The van der Waals surface area contributed by atoms with Gasteiger partial charge in [0.1, 0.15) is 0 Å². The molecule has 22 heavy (non-hydrogen) atoms. The minimum absolute atomic E-state index is 0.0000228. The number of carbonyl (C=O) groups excluding carboxylic acids is 1. The Morgan fingerprint density at radius 3 is 2.41 bits per heavy atom. The van der Waals surface area contributed by atoms with Gasteiger partial charge in [-0.05, 0) is 32.0 Å². The number of carboxylic acid groups (broad SMARTS) is 1. The molecular weight excluding hydrogens is 310 g/mol. The van der Waals surface area contributed by atoms with Gasteiger partial charge in [-0.3, -0.25) is 4.79 Å². The van der Waals surface area contributed by atoms with Crippen LogP contribution in [-0.4, -0.2) is 44.4 Å². The summed E-state index contributed by atoms with van der Waals surface area (Å²) in [7, 11) is -3.58. The van der Waals surface area contributed by atoms with E-state index in [1.807, 2.05) is 13.8 Å². The molecule has 1 amide bonds. The van der Waals surface area contributed by atoms with Crippen molar-refractivity contribution in [2.24, 2.45) is 0 Å². The molecule has 0 spiro atoms. The predicted octanol–water partition coefficient (Wildman–Crippen LogP) is 1.54. The first kappa shape index (κ1) is 18.1. The van der Waals surface area contributed by atoms with Gasteiger partial charge in [0.2, 0.25) is 5.91 Å². The van der Waals surface area contributed by atoms with Gasteiger partial charge in [-0.15, -0.1) is 0 Å². The first-order valence-corrected chi connectivity index (χ1v) is 8.48. The Hall–Kier alpha value is -1.93. The summed E-state index contributed by atoms with van der Waals surface area (Å²) < 4.78 is 28.4. The Labute approximate surface area is 129 Å². The summed E-state index contributed by atoms with van der Waals surface area (Å²) in [5.74, 6) is -1.66. The largest absolute Gasteiger partial charge is 0.478 e. The Morgan fingerprint density at radius 2 is 1.91 bits per heavy atom. The number of carboxylic acids is 1. The van der Waals surface area contributed by atoms with Gasteiger partial charge in [0.15, 0.2) is 9.84 Å². The molecule has 0 radical (unpaired) electrons. The minimum atomic E-state index is -3.58. The lowest BCUT2D eigenvalue weighted by Gasteiger charge is -2.10. The molecule has 2 N–H and O–H groups in total. The average Bonchev–Trinajstić information content (AvgIpc) is 2.36. The molecule has 7 nitrogen and oxygen atoms in total. The van der Waals surface area contributed by atoms with Crippen LogP contribution in [0.1, 0.15) is 30.6 Å². The van der Waals surface area contributed by atoms with E-state index >= 15 is 0 Å². The summed E-state index contributed by atoms with van der Waals surface area (Å²) in [5, 5.41) is 11.5. The lowest BCUT2D eigenvalue weighted by molar-refractivity contribution is -0.117. The normalized spacial score (nSPS) is 11.5. The number of hydrogen-bond donors (Lipinski definition) is 2. The highest BCUT2D eigenvalue weighted by molar-refractivity contribution is 7.90. The van der Waals surface area contributed by atoms with E-state index in [0.717, 1.165) is 12.3 Å². The van der Waals surface area contributed by atoms with Gasteiger partial charge in [-0.1, -0.05) is 0 Å². The van der Waals surface area contributed by atoms with Crippen molar-refractivity contribution in [2.75, 3.05) is 18.2 Å². The fourth-order valence-electron chi connectivity index (χ4n) is 1.62. The van der Waals surface area contributed by atoms with Crippen molar-refractivity contribution in [1.29, 1.82) is 0 Å². The molecule has 122 valence electrons. The van der Waals surface area contributed by atoms with Crippen molar-refractivity contribution in [1.82, 2.24) is 0 Å². The first-order valence-electron chi connectivity index (χ1n) is 6.59. The molecule has 0 aliphatic rings. The summed E-state index contributed by atoms with van der Waals surface area (Å²) in [6, 6.07) is 3.48. The van der Waals surface area contributed by atoms with E-state index < -0.39 is 15.8 Å². The highest BCUT2D eigenvalue weighted by atomic mass is 32.2. The van der Waals surface area contributed by atoms with E-state index in [0.29, 0.717) is 0 Å². The van der Waals surface area contributed by atoms with Crippen LogP contribution in [0.25, 0.3) is 0 Å². The third kappa shape index (κ3) is 5.82. The molecule has 0 heterocycles. The topological polar surface area (TPSA) is 110 Å². The van der Waals surface area contributed by atoms with E-state index in [4.69, 9.17) is 9.84 Å². The molecule has 1 rings (SSSR count). The molecule has 0 saturated carbocycles. The Balaban J connectivity index is 2.92. The van der Waals surface area contributed by atoms with Gasteiger partial charge in [-0.2, -0.15) is 0 Å². The van der Waals surface area contributed by atoms with Gasteiger partial charge in [0, 0.05) is 11.9 Å². The summed E-state index contributed by atoms with van der Waals surface area (Å²) >= 11 is 0. The standard InChI is InChI=1S/C14H19NO6S/c1-9(2)21-5-4-13(16)15-11-6-10(14(17)18)7-12(8-11)22(3,19)20/h6-9H,4-5H2,1-3H3,(H,15,16)(H,17,18). The molecular formula is C14H19NO6S. The van der Waals surface area contributed by atoms with Gasteiger partial charge >= 0.3 is 5.97 Å². The van der Waals surface area contributed by atoms with E-state index in [1.54, 1.807) is 0 Å². The SMILES string of the molecule is CC(C)OCCC(=O)Nc1cc(C(=O)O)cc(S(C)(=O)=O)c1. The van der Waals surface area contributed by atoms with Gasteiger partial charge in [-0.25, -0.2) is 13.2 Å². The number of rotatable bonds is 7. The zero-order chi connectivity index (χ0) is 16.9. The summed E-state index contributed by atoms with van der Waals surface area (Å²) in [4.78, 5) is 22.6. The molecule has 0 unspecified atom stereocenters. The number of benzene rings is 1. The predicted molar refractivity (Wildman–Crippen MR) is 80.8 cm³/mol. The number of nitrogens with one attached hydrogen (secondary N) is 1. The van der Waals surface area contributed by atoms with Crippen LogP contribution >= 0.6 is 0 Å². The van der Waals surface area contributed by atoms with E-state index in [-0.39, 0.29) is 41.2 Å². The summed E-state index contributed by atoms with van der Waals surface area (Å²) in [6.45, 7) is 3.90. The fourth-order valence-corrected chi connectivity index (χ4v) is 2.30. The maximum absolute atomic E-state index is 11.7. The van der Waals surface area contributed by atoms with Crippen LogP contribution in [0.2, 0.25) is 0 Å². The lowest BCUT2D eigenvalue weighted by atomic mass is 10.2. The van der Waals surface area contributed by atoms with Gasteiger partial charge in [0.25, 0.3) is 0 Å². The molecule has 8 heteroatoms. The molecule has 0 saturated heterocycles. The number of anilines is 1. The smallest absolute Gasteiger partial charge is 0.335 e. The lowest BCUT2D eigenvalue weighted by Crippen LogP contribution is -2.16. The second-order valence-corrected chi connectivity index (χ2v) is 7.06. The fraction of sp³-hybridized carbons (Fsp3) is 0.429. The van der Waals surface area contributed by atoms with Crippen molar-refractivity contribution >= 4 is 27.4 Å². The van der Waals surface area contributed by atoms with E-state index in [2.05, 4.69) is 5.32 Å². The van der Waals surface area contributed by atoms with Crippen LogP contribution in [-0.2, 0) is 19.4 Å². The van der Waals surface area contributed by atoms with Crippen LogP contribution in [0, 0.1) is 0 Å². The maximum Gasteiger partial charge on any atom is 0.335 e. The highest BCUT2D eigenvalue weighted by Crippen LogP contribution is 2.19. The molecule has 0 fully saturated rings. The molecule has 1 aromatic carbocycles. The zero-order valence-electron chi connectivity index (χ0n) is 12.6. The van der Waals surface area contributed by atoms with Crippen LogP contribution < -0.4 is 5.32 Å². The summed E-state index contributed by atoms with van der Waals surface area (Å²) in [6.07, 6.45) is 1.06. The van der Waals surface area contributed by atoms with Crippen molar-refractivity contribution in [2.45, 2.75) is 31.3 Å². The molecule has 0 aliphatic carbocycles. The van der Waals surface area contributed by atoms with Crippen molar-refractivity contribution < 1.29 is 27.9 Å². The molecule has 0 aromatic heterocycles. The van der Waals surface area contributed by atoms with Gasteiger partial charge < -0.3 is 15.2 Å². The number of sulfone groups is 1. The van der Waals surface area contributed by atoms with Crippen molar-refractivity contribution in [3.8, 4) is 0 Å². The first-order chi connectivity index (χ1) is 10.1. The van der Waals surface area contributed by atoms with Crippen LogP contribution in [0.5, 0.6) is 0 Å². The molecule has 0 bridgehead atoms. The molecule has 0 atom stereocenters. The third-order valence-corrected chi connectivity index (χ3v) is 3.74. The number of aromatic carboxylic acids is 1. The monoisotopic (exact) mass is 329 g/mol. The average molecular weight is 329 g/mol. The number of carbonyl (C=O) groups is 2. The van der Waals surface area contributed by atoms with Crippen LogP contribution in [0.4, 0.5) is 5.69 Å². The molecule has 1 aromatic rings.